The van der Waals surface area contributed by atoms with Crippen molar-refractivity contribution in [2.75, 3.05) is 26.7 Å². The van der Waals surface area contributed by atoms with E-state index in [-0.39, 0.29) is 11.1 Å². The highest BCUT2D eigenvalue weighted by Gasteiger charge is 2.43. The van der Waals surface area contributed by atoms with E-state index < -0.39 is 0 Å². The van der Waals surface area contributed by atoms with Crippen molar-refractivity contribution in [2.45, 2.75) is 57.6 Å². The van der Waals surface area contributed by atoms with Crippen LogP contribution in [0.5, 0.6) is 0 Å². The molecule has 0 aromatic carbocycles. The van der Waals surface area contributed by atoms with Gasteiger partial charge in [-0.1, -0.05) is 13.8 Å². The van der Waals surface area contributed by atoms with E-state index in [1.54, 1.807) is 0 Å². The number of rotatable bonds is 5. The average molecular weight is 228 g/mol. The van der Waals surface area contributed by atoms with Crippen LogP contribution in [0.4, 0.5) is 0 Å². The van der Waals surface area contributed by atoms with Crippen molar-refractivity contribution in [2.24, 2.45) is 5.73 Å². The smallest absolute Gasteiger partial charge is 0.0670 e. The Kier molecular flexibility index (Phi) is 4.77. The lowest BCUT2D eigenvalue weighted by Gasteiger charge is -2.50. The van der Waals surface area contributed by atoms with Gasteiger partial charge >= 0.3 is 0 Å². The Balaban J connectivity index is 2.78. The van der Waals surface area contributed by atoms with Gasteiger partial charge < -0.3 is 10.5 Å². The summed E-state index contributed by atoms with van der Waals surface area (Å²) in [4.78, 5) is 2.45. The highest BCUT2D eigenvalue weighted by molar-refractivity contribution is 4.99. The highest BCUT2D eigenvalue weighted by atomic mass is 16.5. The molecule has 1 heterocycles. The van der Waals surface area contributed by atoms with Crippen LogP contribution in [0.1, 0.15) is 46.5 Å². The minimum absolute atomic E-state index is 0.0135. The normalized spacial score (nSPS) is 35.6. The van der Waals surface area contributed by atoms with Crippen molar-refractivity contribution in [1.29, 1.82) is 0 Å². The van der Waals surface area contributed by atoms with Gasteiger partial charge in [0.25, 0.3) is 0 Å². The molecule has 1 rings (SSSR count). The third kappa shape index (κ3) is 2.76. The molecular formula is C13H28N2O. The zero-order chi connectivity index (χ0) is 12.2. The van der Waals surface area contributed by atoms with E-state index in [0.29, 0.717) is 0 Å². The van der Waals surface area contributed by atoms with Crippen molar-refractivity contribution < 1.29 is 4.74 Å². The first-order valence-corrected chi connectivity index (χ1v) is 6.57. The summed E-state index contributed by atoms with van der Waals surface area (Å²) in [5, 5.41) is 0. The number of hydrogen-bond acceptors (Lipinski definition) is 3. The molecule has 0 aromatic rings. The van der Waals surface area contributed by atoms with Crippen molar-refractivity contribution >= 4 is 0 Å². The number of ether oxygens (including phenoxy) is 1. The Hall–Kier alpha value is -0.120. The summed E-state index contributed by atoms with van der Waals surface area (Å²) < 4.78 is 5.92. The maximum Gasteiger partial charge on any atom is 0.0670 e. The van der Waals surface area contributed by atoms with Crippen LogP contribution >= 0.6 is 0 Å². The van der Waals surface area contributed by atoms with Gasteiger partial charge in [0.15, 0.2) is 0 Å². The van der Waals surface area contributed by atoms with E-state index in [9.17, 15) is 0 Å². The molecule has 0 saturated carbocycles. The lowest BCUT2D eigenvalue weighted by molar-refractivity contribution is -0.124. The monoisotopic (exact) mass is 228 g/mol. The summed E-state index contributed by atoms with van der Waals surface area (Å²) >= 11 is 0. The van der Waals surface area contributed by atoms with E-state index in [4.69, 9.17) is 10.5 Å². The van der Waals surface area contributed by atoms with Crippen LogP contribution in [0.25, 0.3) is 0 Å². The van der Waals surface area contributed by atoms with Gasteiger partial charge in [0.1, 0.15) is 0 Å². The van der Waals surface area contributed by atoms with Crippen LogP contribution in [0, 0.1) is 0 Å². The van der Waals surface area contributed by atoms with Crippen molar-refractivity contribution in [3.63, 3.8) is 0 Å². The zero-order valence-electron chi connectivity index (χ0n) is 11.4. The second kappa shape index (κ2) is 5.48. The Bertz CT molecular complexity index is 222. The predicted octanol–water partition coefficient (Wildman–Crippen LogP) is 2.00. The summed E-state index contributed by atoms with van der Waals surface area (Å²) in [6, 6.07) is 0. The minimum Gasteiger partial charge on any atom is -0.375 e. The molecule has 1 aliphatic rings. The maximum atomic E-state index is 6.05. The van der Waals surface area contributed by atoms with Crippen LogP contribution in [0.15, 0.2) is 0 Å². The zero-order valence-corrected chi connectivity index (χ0v) is 11.4. The average Bonchev–Trinajstić information content (AvgIpc) is 2.29. The fourth-order valence-electron chi connectivity index (χ4n) is 2.78. The van der Waals surface area contributed by atoms with Gasteiger partial charge in [0.05, 0.1) is 5.60 Å². The van der Waals surface area contributed by atoms with Gasteiger partial charge in [-0.2, -0.15) is 0 Å². The molecule has 0 aliphatic carbocycles. The topological polar surface area (TPSA) is 38.5 Å². The van der Waals surface area contributed by atoms with Gasteiger partial charge in [0.2, 0.25) is 0 Å². The third-order valence-electron chi connectivity index (χ3n) is 4.22. The Morgan fingerprint density at radius 3 is 2.56 bits per heavy atom. The SMILES string of the molecule is CCCN(C)C1(CN)CCOC(C)(CC)C1. The van der Waals surface area contributed by atoms with E-state index in [2.05, 4.69) is 32.7 Å². The molecule has 2 unspecified atom stereocenters. The van der Waals surface area contributed by atoms with Gasteiger partial charge in [-0.3, -0.25) is 4.90 Å². The Labute approximate surface area is 100 Å². The molecular weight excluding hydrogens is 200 g/mol. The van der Waals surface area contributed by atoms with E-state index in [1.165, 1.54) is 6.42 Å². The van der Waals surface area contributed by atoms with Crippen LogP contribution in [0.3, 0.4) is 0 Å². The standard InChI is InChI=1S/C13H28N2O/c1-5-8-15(4)13(11-14)7-9-16-12(3,6-2)10-13/h5-11,14H2,1-4H3. The Morgan fingerprint density at radius 1 is 1.38 bits per heavy atom. The number of hydrogen-bond donors (Lipinski definition) is 1. The molecule has 1 fully saturated rings. The molecule has 1 saturated heterocycles. The van der Waals surface area contributed by atoms with Crippen molar-refractivity contribution in [3.8, 4) is 0 Å². The molecule has 96 valence electrons. The van der Waals surface area contributed by atoms with E-state index in [0.717, 1.165) is 39.0 Å². The lowest BCUT2D eigenvalue weighted by atomic mass is 9.78. The molecule has 0 amide bonds. The second-order valence-electron chi connectivity index (χ2n) is 5.43. The van der Waals surface area contributed by atoms with Gasteiger partial charge in [-0.15, -0.1) is 0 Å². The highest BCUT2D eigenvalue weighted by Crippen LogP contribution is 2.37. The van der Waals surface area contributed by atoms with Gasteiger partial charge in [-0.25, -0.2) is 0 Å². The second-order valence-corrected chi connectivity index (χ2v) is 5.43. The first-order chi connectivity index (χ1) is 7.52. The molecule has 3 nitrogen and oxygen atoms in total. The molecule has 0 aromatic heterocycles. The summed E-state index contributed by atoms with van der Waals surface area (Å²) in [7, 11) is 2.21. The summed E-state index contributed by atoms with van der Waals surface area (Å²) in [6.45, 7) is 9.34. The number of nitrogens with two attached hydrogens (primary N) is 1. The molecule has 0 bridgehead atoms. The van der Waals surface area contributed by atoms with Crippen LogP contribution < -0.4 is 5.73 Å². The Morgan fingerprint density at radius 2 is 2.06 bits per heavy atom. The first kappa shape index (κ1) is 13.9. The molecule has 3 heteroatoms. The third-order valence-corrected chi connectivity index (χ3v) is 4.22. The number of nitrogens with zero attached hydrogens (tertiary/aromatic N) is 1. The fraction of sp³-hybridized carbons (Fsp3) is 1.00. The first-order valence-electron chi connectivity index (χ1n) is 6.57. The van der Waals surface area contributed by atoms with Crippen LogP contribution in [-0.4, -0.2) is 42.8 Å². The molecule has 16 heavy (non-hydrogen) atoms. The summed E-state index contributed by atoms with van der Waals surface area (Å²) in [5.41, 5.74) is 6.21. The molecule has 0 radical (unpaired) electrons. The summed E-state index contributed by atoms with van der Waals surface area (Å²) in [5.74, 6) is 0. The lowest BCUT2D eigenvalue weighted by Crippen LogP contribution is -2.60. The minimum atomic E-state index is 0.0135. The van der Waals surface area contributed by atoms with Gasteiger partial charge in [0, 0.05) is 18.7 Å². The predicted molar refractivity (Wildman–Crippen MR) is 68.6 cm³/mol. The number of likely N-dealkylation sites (N-methyl/N-ethyl adjacent to an activating group) is 1. The van der Waals surface area contributed by atoms with E-state index in [1.807, 2.05) is 0 Å². The van der Waals surface area contributed by atoms with Crippen molar-refractivity contribution in [3.05, 3.63) is 0 Å². The van der Waals surface area contributed by atoms with Crippen molar-refractivity contribution in [1.82, 2.24) is 4.90 Å². The molecule has 0 spiro atoms. The maximum absolute atomic E-state index is 6.05. The fourth-order valence-corrected chi connectivity index (χ4v) is 2.78. The van der Waals surface area contributed by atoms with Crippen LogP contribution in [0.2, 0.25) is 0 Å². The summed E-state index contributed by atoms with van der Waals surface area (Å²) in [6.07, 6.45) is 4.37. The molecule has 2 N–H and O–H groups in total. The largest absolute Gasteiger partial charge is 0.375 e. The van der Waals surface area contributed by atoms with Gasteiger partial charge in [-0.05, 0) is 46.2 Å². The molecule has 2 atom stereocenters. The van der Waals surface area contributed by atoms with Crippen LogP contribution in [-0.2, 0) is 4.74 Å². The quantitative estimate of drug-likeness (QED) is 0.782. The molecule has 1 aliphatic heterocycles. The van der Waals surface area contributed by atoms with E-state index >= 15 is 0 Å².